The summed E-state index contributed by atoms with van der Waals surface area (Å²) in [7, 11) is 0. The van der Waals surface area contributed by atoms with Crippen molar-refractivity contribution in [1.82, 2.24) is 9.55 Å². The number of carbonyl (C=O) groups excluding carboxylic acids is 1. The number of nitrogens with one attached hydrogen (secondary N) is 1. The van der Waals surface area contributed by atoms with E-state index >= 15 is 0 Å². The maximum Gasteiger partial charge on any atom is 0.263 e. The zero-order chi connectivity index (χ0) is 18.3. The van der Waals surface area contributed by atoms with Crippen LogP contribution in [0.2, 0.25) is 0 Å². The van der Waals surface area contributed by atoms with E-state index in [0.717, 1.165) is 32.1 Å². The van der Waals surface area contributed by atoms with Crippen LogP contribution in [0.4, 0.5) is 5.69 Å². The van der Waals surface area contributed by atoms with Gasteiger partial charge in [0.05, 0.1) is 11.7 Å². The summed E-state index contributed by atoms with van der Waals surface area (Å²) in [4.78, 5) is 31.6. The largest absolute Gasteiger partial charge is 0.324 e. The average Bonchev–Trinajstić information content (AvgIpc) is 2.85. The SMILES string of the molecule is Cc1ccc(NC(=O)[C@H](C)n2cnc3sc(C)c(C)c3c2=O)c(C)c1. The molecule has 1 aromatic carbocycles. The quantitative estimate of drug-likeness (QED) is 0.775. The number of thiophene rings is 1. The number of rotatable bonds is 3. The molecule has 0 unspecified atom stereocenters. The normalized spacial score (nSPS) is 12.4. The fourth-order valence-corrected chi connectivity index (χ4v) is 3.83. The van der Waals surface area contributed by atoms with Crippen molar-refractivity contribution < 1.29 is 4.79 Å². The van der Waals surface area contributed by atoms with E-state index in [1.165, 1.54) is 22.2 Å². The lowest BCUT2D eigenvalue weighted by atomic mass is 10.1. The molecule has 0 fully saturated rings. The van der Waals surface area contributed by atoms with Gasteiger partial charge in [0.25, 0.3) is 5.56 Å². The fourth-order valence-electron chi connectivity index (χ4n) is 2.84. The van der Waals surface area contributed by atoms with E-state index in [1.54, 1.807) is 6.92 Å². The molecule has 0 saturated carbocycles. The number of fused-ring (bicyclic) bond motifs is 1. The van der Waals surface area contributed by atoms with Crippen LogP contribution in [-0.4, -0.2) is 15.5 Å². The van der Waals surface area contributed by atoms with Gasteiger partial charge in [0.15, 0.2) is 0 Å². The summed E-state index contributed by atoms with van der Waals surface area (Å²) < 4.78 is 1.40. The van der Waals surface area contributed by atoms with Gasteiger partial charge >= 0.3 is 0 Å². The molecule has 0 radical (unpaired) electrons. The second-order valence-corrected chi connectivity index (χ2v) is 7.61. The minimum absolute atomic E-state index is 0.171. The molecule has 5 nitrogen and oxygen atoms in total. The smallest absolute Gasteiger partial charge is 0.263 e. The van der Waals surface area contributed by atoms with Crippen molar-refractivity contribution in [2.45, 2.75) is 40.7 Å². The predicted octanol–water partition coefficient (Wildman–Crippen LogP) is 3.89. The van der Waals surface area contributed by atoms with E-state index in [0.29, 0.717) is 5.39 Å². The van der Waals surface area contributed by atoms with Crippen LogP contribution in [0.5, 0.6) is 0 Å². The Balaban J connectivity index is 1.95. The highest BCUT2D eigenvalue weighted by molar-refractivity contribution is 7.18. The molecule has 1 amide bonds. The third-order valence-electron chi connectivity index (χ3n) is 4.55. The highest BCUT2D eigenvalue weighted by atomic mass is 32.1. The molecule has 2 aromatic heterocycles. The predicted molar refractivity (Wildman–Crippen MR) is 103 cm³/mol. The number of aryl methyl sites for hydroxylation is 4. The molecular weight excluding hydrogens is 334 g/mol. The number of benzene rings is 1. The van der Waals surface area contributed by atoms with Crippen LogP contribution in [0.15, 0.2) is 29.3 Å². The topological polar surface area (TPSA) is 64.0 Å². The summed E-state index contributed by atoms with van der Waals surface area (Å²) in [6.45, 7) is 9.56. The van der Waals surface area contributed by atoms with Crippen molar-refractivity contribution in [2.24, 2.45) is 0 Å². The molecule has 0 aliphatic rings. The second-order valence-electron chi connectivity index (χ2n) is 6.40. The summed E-state index contributed by atoms with van der Waals surface area (Å²) in [5, 5.41) is 3.51. The molecule has 1 atom stereocenters. The van der Waals surface area contributed by atoms with E-state index in [1.807, 2.05) is 45.9 Å². The molecule has 1 N–H and O–H groups in total. The van der Waals surface area contributed by atoms with Crippen LogP contribution >= 0.6 is 11.3 Å². The number of nitrogens with zero attached hydrogens (tertiary/aromatic N) is 2. The van der Waals surface area contributed by atoms with Crippen LogP contribution in [0.1, 0.15) is 34.5 Å². The van der Waals surface area contributed by atoms with Gasteiger partial charge in [-0.1, -0.05) is 17.7 Å². The van der Waals surface area contributed by atoms with Gasteiger partial charge in [-0.25, -0.2) is 4.98 Å². The number of amides is 1. The Morgan fingerprint density at radius 3 is 2.64 bits per heavy atom. The zero-order valence-electron chi connectivity index (χ0n) is 15.0. The number of hydrogen-bond acceptors (Lipinski definition) is 4. The van der Waals surface area contributed by atoms with E-state index in [-0.39, 0.29) is 11.5 Å². The Bertz CT molecular complexity index is 1030. The summed E-state index contributed by atoms with van der Waals surface area (Å²) in [6.07, 6.45) is 1.46. The number of anilines is 1. The van der Waals surface area contributed by atoms with Gasteiger partial charge in [0, 0.05) is 10.6 Å². The van der Waals surface area contributed by atoms with Crippen LogP contribution in [0, 0.1) is 27.7 Å². The Morgan fingerprint density at radius 1 is 1.24 bits per heavy atom. The molecule has 0 aliphatic carbocycles. The Morgan fingerprint density at radius 2 is 1.96 bits per heavy atom. The van der Waals surface area contributed by atoms with Crippen molar-refractivity contribution >= 4 is 33.1 Å². The highest BCUT2D eigenvalue weighted by Crippen LogP contribution is 2.26. The van der Waals surface area contributed by atoms with Crippen LogP contribution in [-0.2, 0) is 4.79 Å². The molecule has 0 spiro atoms. The van der Waals surface area contributed by atoms with Gasteiger partial charge in [0.2, 0.25) is 5.91 Å². The van der Waals surface area contributed by atoms with E-state index < -0.39 is 6.04 Å². The molecule has 0 aliphatic heterocycles. The van der Waals surface area contributed by atoms with Crippen LogP contribution < -0.4 is 10.9 Å². The lowest BCUT2D eigenvalue weighted by molar-refractivity contribution is -0.118. The van der Waals surface area contributed by atoms with Crippen molar-refractivity contribution in [2.75, 3.05) is 5.32 Å². The summed E-state index contributed by atoms with van der Waals surface area (Å²) in [5.74, 6) is -0.236. The first-order valence-electron chi connectivity index (χ1n) is 8.14. The first-order valence-corrected chi connectivity index (χ1v) is 8.96. The van der Waals surface area contributed by atoms with E-state index in [4.69, 9.17) is 0 Å². The maximum atomic E-state index is 12.8. The molecule has 0 saturated heterocycles. The first kappa shape index (κ1) is 17.4. The number of hydrogen-bond donors (Lipinski definition) is 1. The lowest BCUT2D eigenvalue weighted by Gasteiger charge is -2.16. The Kier molecular flexibility index (Phi) is 4.47. The molecule has 0 bridgehead atoms. The summed E-state index contributed by atoms with van der Waals surface area (Å²) >= 11 is 1.50. The van der Waals surface area contributed by atoms with Crippen molar-refractivity contribution in [3.8, 4) is 0 Å². The molecule has 25 heavy (non-hydrogen) atoms. The van der Waals surface area contributed by atoms with Crippen LogP contribution in [0.25, 0.3) is 10.2 Å². The molecule has 2 heterocycles. The zero-order valence-corrected chi connectivity index (χ0v) is 15.8. The van der Waals surface area contributed by atoms with Crippen molar-refractivity contribution in [3.05, 3.63) is 56.4 Å². The molecule has 6 heteroatoms. The highest BCUT2D eigenvalue weighted by Gasteiger charge is 2.20. The van der Waals surface area contributed by atoms with Crippen molar-refractivity contribution in [1.29, 1.82) is 0 Å². The Hall–Kier alpha value is -2.47. The monoisotopic (exact) mass is 355 g/mol. The Labute approximate surface area is 150 Å². The average molecular weight is 355 g/mol. The van der Waals surface area contributed by atoms with Gasteiger partial charge in [-0.05, 0) is 51.8 Å². The fraction of sp³-hybridized carbons (Fsp3) is 0.316. The van der Waals surface area contributed by atoms with Gasteiger partial charge in [0.1, 0.15) is 10.9 Å². The van der Waals surface area contributed by atoms with E-state index in [9.17, 15) is 9.59 Å². The number of aromatic nitrogens is 2. The minimum Gasteiger partial charge on any atom is -0.324 e. The maximum absolute atomic E-state index is 12.8. The van der Waals surface area contributed by atoms with Gasteiger partial charge in [-0.15, -0.1) is 11.3 Å². The molecule has 130 valence electrons. The molecular formula is C19H21N3O2S. The third kappa shape index (κ3) is 3.09. The van der Waals surface area contributed by atoms with E-state index in [2.05, 4.69) is 10.3 Å². The third-order valence-corrected chi connectivity index (χ3v) is 5.67. The minimum atomic E-state index is -0.648. The standard InChI is InChI=1S/C19H21N3O2S/c1-10-6-7-15(11(2)8-10)21-17(23)13(4)22-9-20-18-16(19(22)24)12(3)14(5)25-18/h6-9,13H,1-5H3,(H,21,23)/t13-/m0/s1. The molecule has 3 aromatic rings. The molecule has 3 rings (SSSR count). The van der Waals surface area contributed by atoms with Gasteiger partial charge in [-0.2, -0.15) is 0 Å². The van der Waals surface area contributed by atoms with Crippen molar-refractivity contribution in [3.63, 3.8) is 0 Å². The first-order chi connectivity index (χ1) is 11.8. The summed E-state index contributed by atoms with van der Waals surface area (Å²) in [6, 6.07) is 5.19. The van der Waals surface area contributed by atoms with Crippen LogP contribution in [0.3, 0.4) is 0 Å². The number of carbonyl (C=O) groups is 1. The van der Waals surface area contributed by atoms with Gasteiger partial charge < -0.3 is 5.32 Å². The summed E-state index contributed by atoms with van der Waals surface area (Å²) in [5.41, 5.74) is 3.65. The lowest BCUT2D eigenvalue weighted by Crippen LogP contribution is -2.32. The van der Waals surface area contributed by atoms with Gasteiger partial charge in [-0.3, -0.25) is 14.2 Å². The second kappa shape index (κ2) is 6.44.